The first-order valence-corrected chi connectivity index (χ1v) is 7.34. The molecule has 2 amide bonds. The predicted molar refractivity (Wildman–Crippen MR) is 82.3 cm³/mol. The zero-order valence-corrected chi connectivity index (χ0v) is 12.4. The van der Waals surface area contributed by atoms with E-state index in [1.54, 1.807) is 6.26 Å². The molecule has 0 bridgehead atoms. The Kier molecular flexibility index (Phi) is 3.69. The lowest BCUT2D eigenvalue weighted by molar-refractivity contribution is 0.200. The van der Waals surface area contributed by atoms with Gasteiger partial charge >= 0.3 is 6.03 Å². The smallest absolute Gasteiger partial charge is 0.322 e. The van der Waals surface area contributed by atoms with Crippen molar-refractivity contribution in [1.29, 1.82) is 0 Å². The largest absolute Gasteiger partial charge is 0.467 e. The Morgan fingerprint density at radius 3 is 2.90 bits per heavy atom. The molecule has 2 heterocycles. The van der Waals surface area contributed by atoms with Crippen LogP contribution >= 0.6 is 0 Å². The molecule has 1 saturated heterocycles. The Balaban J connectivity index is 1.77. The number of likely N-dealkylation sites (tertiary alicyclic amines) is 1. The van der Waals surface area contributed by atoms with Crippen LogP contribution in [0.1, 0.15) is 35.8 Å². The highest BCUT2D eigenvalue weighted by Crippen LogP contribution is 2.32. The van der Waals surface area contributed by atoms with E-state index in [2.05, 4.69) is 5.32 Å². The number of benzene rings is 1. The topological polar surface area (TPSA) is 45.5 Å². The highest BCUT2D eigenvalue weighted by Gasteiger charge is 2.31. The van der Waals surface area contributed by atoms with Crippen molar-refractivity contribution >= 4 is 11.7 Å². The molecule has 21 heavy (non-hydrogen) atoms. The number of nitrogens with zero attached hydrogens (tertiary/aromatic N) is 1. The molecule has 1 aromatic carbocycles. The third-order valence-corrected chi connectivity index (χ3v) is 4.23. The quantitative estimate of drug-likeness (QED) is 0.895. The summed E-state index contributed by atoms with van der Waals surface area (Å²) >= 11 is 0. The number of nitrogens with one attached hydrogen (secondary N) is 1. The number of urea groups is 1. The van der Waals surface area contributed by atoms with Crippen molar-refractivity contribution in [3.63, 3.8) is 0 Å². The van der Waals surface area contributed by atoms with Crippen molar-refractivity contribution in [2.75, 3.05) is 11.9 Å². The summed E-state index contributed by atoms with van der Waals surface area (Å²) in [6.45, 7) is 4.84. The van der Waals surface area contributed by atoms with E-state index in [0.29, 0.717) is 0 Å². The number of rotatable bonds is 2. The molecule has 2 aromatic rings. The van der Waals surface area contributed by atoms with Gasteiger partial charge in [-0.05, 0) is 56.0 Å². The minimum absolute atomic E-state index is 0.0464. The Hall–Kier alpha value is -2.23. The maximum Gasteiger partial charge on any atom is 0.322 e. The fraction of sp³-hybridized carbons (Fsp3) is 0.353. The molecule has 1 aromatic heterocycles. The minimum atomic E-state index is -0.0531. The van der Waals surface area contributed by atoms with Crippen LogP contribution in [0.3, 0.4) is 0 Å². The molecular weight excluding hydrogens is 264 g/mol. The first-order chi connectivity index (χ1) is 10.2. The van der Waals surface area contributed by atoms with Gasteiger partial charge < -0.3 is 14.6 Å². The molecule has 0 aliphatic carbocycles. The van der Waals surface area contributed by atoms with Crippen LogP contribution in [0.4, 0.5) is 10.5 Å². The summed E-state index contributed by atoms with van der Waals surface area (Å²) in [6, 6.07) is 9.76. The van der Waals surface area contributed by atoms with Crippen LogP contribution in [-0.4, -0.2) is 17.5 Å². The van der Waals surface area contributed by atoms with Crippen LogP contribution < -0.4 is 5.32 Å². The van der Waals surface area contributed by atoms with E-state index in [9.17, 15) is 4.79 Å². The predicted octanol–water partition coefficient (Wildman–Crippen LogP) is 4.27. The first-order valence-electron chi connectivity index (χ1n) is 7.34. The highest BCUT2D eigenvalue weighted by molar-refractivity contribution is 5.90. The van der Waals surface area contributed by atoms with Crippen molar-refractivity contribution in [2.45, 2.75) is 32.7 Å². The lowest BCUT2D eigenvalue weighted by atomic mass is 10.1. The van der Waals surface area contributed by atoms with Crippen LogP contribution in [-0.2, 0) is 0 Å². The van der Waals surface area contributed by atoms with Gasteiger partial charge in [0.05, 0.1) is 12.3 Å². The maximum absolute atomic E-state index is 12.6. The van der Waals surface area contributed by atoms with E-state index in [1.807, 2.05) is 49.1 Å². The molecule has 3 rings (SSSR count). The second-order valence-electron chi connectivity index (χ2n) is 5.54. The van der Waals surface area contributed by atoms with Gasteiger partial charge in [0.15, 0.2) is 0 Å². The summed E-state index contributed by atoms with van der Waals surface area (Å²) in [5, 5.41) is 3.03. The fourth-order valence-corrected chi connectivity index (χ4v) is 2.86. The van der Waals surface area contributed by atoms with Crippen LogP contribution in [0.5, 0.6) is 0 Å². The van der Waals surface area contributed by atoms with Gasteiger partial charge in [0.2, 0.25) is 0 Å². The van der Waals surface area contributed by atoms with Gasteiger partial charge in [-0.1, -0.05) is 12.1 Å². The zero-order valence-electron chi connectivity index (χ0n) is 12.4. The third-order valence-electron chi connectivity index (χ3n) is 4.23. The second kappa shape index (κ2) is 5.64. The van der Waals surface area contributed by atoms with E-state index in [1.165, 1.54) is 5.56 Å². The van der Waals surface area contributed by atoms with Crippen molar-refractivity contribution in [2.24, 2.45) is 0 Å². The van der Waals surface area contributed by atoms with E-state index in [4.69, 9.17) is 4.42 Å². The van der Waals surface area contributed by atoms with Crippen LogP contribution in [0.15, 0.2) is 41.0 Å². The minimum Gasteiger partial charge on any atom is -0.467 e. The average Bonchev–Trinajstić information content (AvgIpc) is 3.13. The summed E-state index contributed by atoms with van der Waals surface area (Å²) in [4.78, 5) is 14.4. The van der Waals surface area contributed by atoms with E-state index in [-0.39, 0.29) is 12.1 Å². The third kappa shape index (κ3) is 2.66. The van der Waals surface area contributed by atoms with Gasteiger partial charge in [-0.3, -0.25) is 0 Å². The van der Waals surface area contributed by atoms with Crippen LogP contribution in [0, 0.1) is 13.8 Å². The number of aryl methyl sites for hydroxylation is 1. The van der Waals surface area contributed by atoms with Crippen LogP contribution in [0.25, 0.3) is 0 Å². The van der Waals surface area contributed by atoms with Gasteiger partial charge in [-0.25, -0.2) is 4.79 Å². The SMILES string of the molecule is Cc1cccc(NC(=O)N2CCC[C@H]2c2ccco2)c1C. The molecular formula is C17H20N2O2. The summed E-state index contributed by atoms with van der Waals surface area (Å²) in [6.07, 6.45) is 3.62. The van der Waals surface area contributed by atoms with Gasteiger partial charge in [-0.2, -0.15) is 0 Å². The number of hydrogen-bond donors (Lipinski definition) is 1. The number of carbonyl (C=O) groups is 1. The Bertz CT molecular complexity index is 634. The lowest BCUT2D eigenvalue weighted by Gasteiger charge is -2.24. The van der Waals surface area contributed by atoms with Crippen molar-refractivity contribution < 1.29 is 9.21 Å². The number of furan rings is 1. The summed E-state index contributed by atoms with van der Waals surface area (Å²) in [5.74, 6) is 0.864. The molecule has 1 N–H and O–H groups in total. The van der Waals surface area contributed by atoms with Crippen molar-refractivity contribution in [1.82, 2.24) is 4.90 Å². The molecule has 0 radical (unpaired) electrons. The van der Waals surface area contributed by atoms with Crippen LogP contribution in [0.2, 0.25) is 0 Å². The maximum atomic E-state index is 12.6. The standard InChI is InChI=1S/C17H20N2O2/c1-12-6-3-7-14(13(12)2)18-17(20)19-10-4-8-15(19)16-9-5-11-21-16/h3,5-7,9,11,15H,4,8,10H2,1-2H3,(H,18,20)/t15-/m0/s1. The lowest BCUT2D eigenvalue weighted by Crippen LogP contribution is -2.34. The van der Waals surface area contributed by atoms with Crippen molar-refractivity contribution in [3.8, 4) is 0 Å². The monoisotopic (exact) mass is 284 g/mol. The molecule has 0 saturated carbocycles. The fourth-order valence-electron chi connectivity index (χ4n) is 2.86. The molecule has 1 aliphatic heterocycles. The van der Waals surface area contributed by atoms with Crippen molar-refractivity contribution in [3.05, 3.63) is 53.5 Å². The van der Waals surface area contributed by atoms with Gasteiger partial charge in [0.1, 0.15) is 5.76 Å². The van der Waals surface area contributed by atoms with E-state index < -0.39 is 0 Å². The molecule has 110 valence electrons. The molecule has 1 aliphatic rings. The Morgan fingerprint density at radius 1 is 1.29 bits per heavy atom. The Morgan fingerprint density at radius 2 is 2.14 bits per heavy atom. The summed E-state index contributed by atoms with van der Waals surface area (Å²) in [7, 11) is 0. The van der Waals surface area contributed by atoms with E-state index in [0.717, 1.165) is 36.4 Å². The van der Waals surface area contributed by atoms with E-state index >= 15 is 0 Å². The normalized spacial score (nSPS) is 18.0. The number of anilines is 1. The van der Waals surface area contributed by atoms with Gasteiger partial charge in [0, 0.05) is 12.2 Å². The summed E-state index contributed by atoms with van der Waals surface area (Å²) < 4.78 is 5.47. The Labute approximate surface area is 124 Å². The number of hydrogen-bond acceptors (Lipinski definition) is 2. The summed E-state index contributed by atoms with van der Waals surface area (Å²) in [5.41, 5.74) is 3.17. The molecule has 4 nitrogen and oxygen atoms in total. The highest BCUT2D eigenvalue weighted by atomic mass is 16.3. The molecule has 1 atom stereocenters. The van der Waals surface area contributed by atoms with Gasteiger partial charge in [0.25, 0.3) is 0 Å². The van der Waals surface area contributed by atoms with Gasteiger partial charge in [-0.15, -0.1) is 0 Å². The molecule has 0 spiro atoms. The second-order valence-corrected chi connectivity index (χ2v) is 5.54. The first kappa shape index (κ1) is 13.7. The average molecular weight is 284 g/mol. The molecule has 0 unspecified atom stereocenters. The molecule has 4 heteroatoms. The number of carbonyl (C=O) groups excluding carboxylic acids is 1. The zero-order chi connectivity index (χ0) is 14.8. The number of amides is 2. The molecule has 1 fully saturated rings.